The molecule has 0 saturated carbocycles. The van der Waals surface area contributed by atoms with Crippen molar-refractivity contribution in [2.75, 3.05) is 0 Å². The van der Waals surface area contributed by atoms with Gasteiger partial charge in [0.15, 0.2) is 10.4 Å². The number of aromatic amines is 1. The molecule has 6 nitrogen and oxygen atoms in total. The van der Waals surface area contributed by atoms with E-state index in [0.29, 0.717) is 15.5 Å². The van der Waals surface area contributed by atoms with Crippen LogP contribution in [-0.4, -0.2) is 42.9 Å². The number of aromatic nitrogens is 3. The van der Waals surface area contributed by atoms with Crippen LogP contribution in [-0.2, 0) is 0 Å². The van der Waals surface area contributed by atoms with E-state index in [2.05, 4.69) is 60.0 Å². The molecule has 0 aliphatic carbocycles. The fraction of sp³-hybridized carbons (Fsp3) is 0.125. The van der Waals surface area contributed by atoms with E-state index in [1.807, 2.05) is 0 Å². The molecule has 11 heteroatoms. The third-order valence-corrected chi connectivity index (χ3v) is 3.87. The monoisotopic (exact) mass is 576 g/mol. The Bertz CT molecular complexity index is 829. The Morgan fingerprint density at radius 3 is 2.30 bits per heavy atom. The van der Waals surface area contributed by atoms with Crippen LogP contribution < -0.4 is 17.0 Å². The van der Waals surface area contributed by atoms with Gasteiger partial charge in [-0.25, -0.2) is 14.4 Å². The van der Waals surface area contributed by atoms with Crippen LogP contribution in [0.15, 0.2) is 46.5 Å². The summed E-state index contributed by atoms with van der Waals surface area (Å²) in [6.07, 6.45) is 4.44. The number of hydrogen-bond acceptors (Lipinski definition) is 4. The van der Waals surface area contributed by atoms with Gasteiger partial charge in [0.25, 0.3) is 0 Å². The standard InChI is InChI=1S/C7H4BrFN2.C6H5BrN2O2.C2H3.CH4.BrH.Mg/c8-7-6-4(1-2-10-6)5(9)3-11-7;1-4-2-5(9(10)11)6(7)8-3-4;1-2;;;/h1-3,10H;2-3H,1H3;1H,2H2;1H4;1H;/q;;-1;;;+2/p-1. The summed E-state index contributed by atoms with van der Waals surface area (Å²) >= 11 is 6.18. The summed E-state index contributed by atoms with van der Waals surface area (Å²) < 4.78 is 13.8. The third-order valence-electron chi connectivity index (χ3n) is 2.66. The number of halogens is 4. The number of hydrogen-bond donors (Lipinski definition) is 1. The van der Waals surface area contributed by atoms with E-state index in [1.165, 1.54) is 12.3 Å². The number of nitrogens with zero attached hydrogens (tertiary/aromatic N) is 3. The van der Waals surface area contributed by atoms with Gasteiger partial charge in [0.05, 0.1) is 16.6 Å². The van der Waals surface area contributed by atoms with Crippen LogP contribution in [0.4, 0.5) is 10.1 Å². The molecule has 0 aliphatic rings. The van der Waals surface area contributed by atoms with Gasteiger partial charge in [-0.15, -0.1) is 0 Å². The molecule has 3 heterocycles. The van der Waals surface area contributed by atoms with E-state index in [-0.39, 0.29) is 63.6 Å². The molecule has 3 aromatic rings. The number of nitrogens with one attached hydrogen (secondary N) is 1. The van der Waals surface area contributed by atoms with Crippen molar-refractivity contribution < 1.29 is 26.3 Å². The van der Waals surface area contributed by atoms with E-state index >= 15 is 0 Å². The van der Waals surface area contributed by atoms with Crippen LogP contribution in [0.1, 0.15) is 13.0 Å². The van der Waals surface area contributed by atoms with Gasteiger partial charge in [0.1, 0.15) is 4.60 Å². The second-order valence-electron chi connectivity index (χ2n) is 4.24. The van der Waals surface area contributed by atoms with Gasteiger partial charge < -0.3 is 28.5 Å². The molecule has 0 fully saturated rings. The maximum absolute atomic E-state index is 12.9. The van der Waals surface area contributed by atoms with Crippen LogP contribution in [0.5, 0.6) is 0 Å². The summed E-state index contributed by atoms with van der Waals surface area (Å²) in [6.45, 7) is 8.76. The van der Waals surface area contributed by atoms with Gasteiger partial charge in [-0.2, -0.15) is 0 Å². The number of H-pyrrole nitrogens is 1. The minimum absolute atomic E-state index is 0. The number of rotatable bonds is 1. The second-order valence-corrected chi connectivity index (χ2v) is 5.75. The topological polar surface area (TPSA) is 84.7 Å². The molecule has 0 atom stereocenters. The molecule has 3 rings (SSSR count). The maximum atomic E-state index is 12.9. The minimum Gasteiger partial charge on any atom is -1.00 e. The summed E-state index contributed by atoms with van der Waals surface area (Å²) in [5.41, 5.74) is 1.48. The molecule has 1 N–H and O–H groups in total. The van der Waals surface area contributed by atoms with Crippen molar-refractivity contribution in [3.05, 3.63) is 74.6 Å². The molecule has 0 saturated heterocycles. The van der Waals surface area contributed by atoms with Gasteiger partial charge in [-0.3, -0.25) is 16.7 Å². The summed E-state index contributed by atoms with van der Waals surface area (Å²) in [5, 5.41) is 10.9. The van der Waals surface area contributed by atoms with Crippen molar-refractivity contribution in [3.63, 3.8) is 0 Å². The normalized spacial score (nSPS) is 8.44. The minimum atomic E-state index is -0.468. The van der Waals surface area contributed by atoms with Crippen LogP contribution in [0.2, 0.25) is 0 Å². The van der Waals surface area contributed by atoms with E-state index in [0.717, 1.165) is 5.56 Å². The zero-order valence-corrected chi connectivity index (χ0v) is 19.7. The molecule has 0 radical (unpaired) electrons. The first-order valence-corrected chi connectivity index (χ1v) is 7.93. The van der Waals surface area contributed by atoms with Crippen molar-refractivity contribution in [2.24, 2.45) is 0 Å². The van der Waals surface area contributed by atoms with E-state index in [4.69, 9.17) is 0 Å². The predicted octanol–water partition coefficient (Wildman–Crippen LogP) is 2.39. The molecule has 0 aromatic carbocycles. The molecule has 0 amide bonds. The first kappa shape index (κ1) is 30.8. The first-order chi connectivity index (χ1) is 11.4. The maximum Gasteiger partial charge on any atom is 2.00 e. The first-order valence-electron chi connectivity index (χ1n) is 6.34. The van der Waals surface area contributed by atoms with Crippen molar-refractivity contribution >= 4 is 71.5 Å². The Morgan fingerprint density at radius 2 is 1.81 bits per heavy atom. The van der Waals surface area contributed by atoms with Crippen LogP contribution >= 0.6 is 31.9 Å². The molecule has 142 valence electrons. The Hall–Kier alpha value is -0.884. The average molecular weight is 579 g/mol. The summed E-state index contributed by atoms with van der Waals surface area (Å²) in [5.74, 6) is -0.301. The van der Waals surface area contributed by atoms with Gasteiger partial charge >= 0.3 is 28.7 Å². The molecule has 0 spiro atoms. The molecule has 27 heavy (non-hydrogen) atoms. The van der Waals surface area contributed by atoms with E-state index in [9.17, 15) is 14.5 Å². The SMILES string of the molecule is C.Cc1cnc(Br)c([N+](=O)[O-])c1.Fc1cnc(Br)c2[nH]ccc12.[Br-].[CH-]=C.[Mg+2]. The quantitative estimate of drug-likeness (QED) is 0.158. The molecule has 0 bridgehead atoms. The van der Waals surface area contributed by atoms with Crippen LogP contribution in [0.25, 0.3) is 10.9 Å². The smallest absolute Gasteiger partial charge is 1.00 e. The zero-order chi connectivity index (χ0) is 18.3. The number of fused-ring (bicyclic) bond motifs is 1. The predicted molar refractivity (Wildman–Crippen MR) is 109 cm³/mol. The molecule has 0 unspecified atom stereocenters. The van der Waals surface area contributed by atoms with Crippen molar-refractivity contribution in [1.29, 1.82) is 0 Å². The van der Waals surface area contributed by atoms with Crippen molar-refractivity contribution in [3.8, 4) is 0 Å². The Morgan fingerprint density at radius 1 is 1.26 bits per heavy atom. The molecule has 3 aromatic heterocycles. The van der Waals surface area contributed by atoms with Gasteiger partial charge in [0.2, 0.25) is 0 Å². The third kappa shape index (κ3) is 8.77. The second kappa shape index (κ2) is 15.1. The molecular formula is C16H16Br3FMgN4O2. The summed E-state index contributed by atoms with van der Waals surface area (Å²) in [7, 11) is 0. The molecular weight excluding hydrogens is 563 g/mol. The summed E-state index contributed by atoms with van der Waals surface area (Å²) in [6, 6.07) is 3.15. The van der Waals surface area contributed by atoms with E-state index < -0.39 is 4.92 Å². The van der Waals surface area contributed by atoms with Crippen molar-refractivity contribution in [1.82, 2.24) is 15.0 Å². The fourth-order valence-corrected chi connectivity index (χ4v) is 2.44. The van der Waals surface area contributed by atoms with Crippen molar-refractivity contribution in [2.45, 2.75) is 14.4 Å². The average Bonchev–Trinajstić information content (AvgIpc) is 3.07. The molecule has 0 aliphatic heterocycles. The van der Waals surface area contributed by atoms with Crippen LogP contribution in [0, 0.1) is 29.4 Å². The Balaban J connectivity index is -0.000000355. The zero-order valence-electron chi connectivity index (χ0n) is 13.5. The number of aryl methyl sites for hydroxylation is 1. The number of nitro groups is 1. The van der Waals surface area contributed by atoms with Gasteiger partial charge in [-0.1, -0.05) is 7.43 Å². The fourth-order valence-electron chi connectivity index (χ4n) is 1.65. The van der Waals surface area contributed by atoms with Gasteiger partial charge in [-0.05, 0) is 50.4 Å². The van der Waals surface area contributed by atoms with Crippen LogP contribution in [0.3, 0.4) is 0 Å². The number of pyridine rings is 2. The van der Waals surface area contributed by atoms with E-state index in [1.54, 1.807) is 25.4 Å². The largest absolute Gasteiger partial charge is 2.00 e. The summed E-state index contributed by atoms with van der Waals surface area (Å²) in [4.78, 5) is 20.3. The Labute approximate surface area is 200 Å². The Kier molecular flexibility index (Phi) is 17.2. The van der Waals surface area contributed by atoms with Gasteiger partial charge in [0, 0.05) is 23.8 Å².